The summed E-state index contributed by atoms with van der Waals surface area (Å²) in [5.74, 6) is -0.349. The quantitative estimate of drug-likeness (QED) is 0.829. The van der Waals surface area contributed by atoms with Crippen LogP contribution >= 0.6 is 11.3 Å². The van der Waals surface area contributed by atoms with Crippen LogP contribution in [0.3, 0.4) is 0 Å². The van der Waals surface area contributed by atoms with Gasteiger partial charge in [-0.1, -0.05) is 0 Å². The molecule has 0 saturated heterocycles. The van der Waals surface area contributed by atoms with Gasteiger partial charge in [0, 0.05) is 4.88 Å². The Balaban J connectivity index is 2.06. The third kappa shape index (κ3) is 1.90. The number of ether oxygens (including phenoxy) is 1. The SMILES string of the molecule is COc1ccc(-c2cc3c(s2)C(=N)C(=O)NC3=O)cc1. The number of carbonyl (C=O) groups excluding carboxylic acids is 2. The Hall–Kier alpha value is -2.47. The summed E-state index contributed by atoms with van der Waals surface area (Å²) in [4.78, 5) is 24.4. The van der Waals surface area contributed by atoms with Crippen LogP contribution in [0.15, 0.2) is 30.3 Å². The summed E-state index contributed by atoms with van der Waals surface area (Å²) in [6.07, 6.45) is 0. The molecule has 0 fully saturated rings. The van der Waals surface area contributed by atoms with Gasteiger partial charge in [-0.25, -0.2) is 0 Å². The molecule has 3 rings (SSSR count). The number of thiophene rings is 1. The minimum Gasteiger partial charge on any atom is -0.497 e. The molecular formula is C14H10N2O3S. The second-order valence-corrected chi connectivity index (χ2v) is 5.29. The summed E-state index contributed by atoms with van der Waals surface area (Å²) >= 11 is 1.27. The first-order chi connectivity index (χ1) is 9.60. The van der Waals surface area contributed by atoms with Crippen LogP contribution in [0.25, 0.3) is 10.4 Å². The Labute approximate surface area is 118 Å². The molecule has 0 bridgehead atoms. The molecule has 1 aromatic heterocycles. The fourth-order valence-corrected chi connectivity index (χ4v) is 3.09. The van der Waals surface area contributed by atoms with E-state index in [9.17, 15) is 9.59 Å². The van der Waals surface area contributed by atoms with Crippen LogP contribution in [0.4, 0.5) is 0 Å². The van der Waals surface area contributed by atoms with E-state index in [0.717, 1.165) is 16.2 Å². The van der Waals surface area contributed by atoms with Gasteiger partial charge in [-0.05, 0) is 35.9 Å². The van der Waals surface area contributed by atoms with Crippen LogP contribution in [-0.2, 0) is 4.79 Å². The lowest BCUT2D eigenvalue weighted by Gasteiger charge is -2.10. The normalized spacial score (nSPS) is 13.9. The molecule has 0 spiro atoms. The van der Waals surface area contributed by atoms with Crippen molar-refractivity contribution in [1.82, 2.24) is 5.32 Å². The predicted octanol–water partition coefficient (Wildman–Crippen LogP) is 2.06. The third-order valence-corrected chi connectivity index (χ3v) is 4.23. The van der Waals surface area contributed by atoms with E-state index in [-0.39, 0.29) is 5.71 Å². The Morgan fingerprint density at radius 2 is 1.85 bits per heavy atom. The van der Waals surface area contributed by atoms with Crippen molar-refractivity contribution < 1.29 is 14.3 Å². The fraction of sp³-hybridized carbons (Fsp3) is 0.0714. The number of hydrogen-bond donors (Lipinski definition) is 2. The Bertz CT molecular complexity index is 731. The van der Waals surface area contributed by atoms with E-state index in [2.05, 4.69) is 5.32 Å². The maximum atomic E-state index is 11.7. The summed E-state index contributed by atoms with van der Waals surface area (Å²) in [5.41, 5.74) is 1.13. The van der Waals surface area contributed by atoms with Crippen molar-refractivity contribution in [3.05, 3.63) is 40.8 Å². The molecule has 0 atom stereocenters. The first-order valence-electron chi connectivity index (χ1n) is 5.83. The molecule has 0 aliphatic carbocycles. The number of carbonyl (C=O) groups is 2. The summed E-state index contributed by atoms with van der Waals surface area (Å²) in [7, 11) is 1.59. The zero-order valence-electron chi connectivity index (χ0n) is 10.5. The van der Waals surface area contributed by atoms with Gasteiger partial charge in [0.25, 0.3) is 11.8 Å². The van der Waals surface area contributed by atoms with Gasteiger partial charge in [0.1, 0.15) is 11.5 Å². The highest BCUT2D eigenvalue weighted by atomic mass is 32.1. The van der Waals surface area contributed by atoms with Gasteiger partial charge >= 0.3 is 0 Å². The van der Waals surface area contributed by atoms with Gasteiger partial charge < -0.3 is 4.74 Å². The Kier molecular flexibility index (Phi) is 2.87. The summed E-state index contributed by atoms with van der Waals surface area (Å²) < 4.78 is 5.10. The lowest BCUT2D eigenvalue weighted by atomic mass is 10.1. The molecule has 0 saturated carbocycles. The largest absolute Gasteiger partial charge is 0.497 e. The molecule has 6 heteroatoms. The highest BCUT2D eigenvalue weighted by molar-refractivity contribution is 7.18. The third-order valence-electron chi connectivity index (χ3n) is 3.03. The highest BCUT2D eigenvalue weighted by Crippen LogP contribution is 2.34. The van der Waals surface area contributed by atoms with Crippen molar-refractivity contribution in [2.45, 2.75) is 0 Å². The van der Waals surface area contributed by atoms with E-state index in [1.54, 1.807) is 13.2 Å². The highest BCUT2D eigenvalue weighted by Gasteiger charge is 2.30. The number of nitrogens with one attached hydrogen (secondary N) is 2. The van der Waals surface area contributed by atoms with Crippen LogP contribution in [0.2, 0.25) is 0 Å². The summed E-state index contributed by atoms with van der Waals surface area (Å²) in [5, 5.41) is 9.88. The molecule has 0 unspecified atom stereocenters. The monoisotopic (exact) mass is 286 g/mol. The molecule has 1 aromatic carbocycles. The van der Waals surface area contributed by atoms with E-state index < -0.39 is 11.8 Å². The maximum Gasteiger partial charge on any atom is 0.277 e. The minimum atomic E-state index is -0.648. The average molecular weight is 286 g/mol. The molecular weight excluding hydrogens is 276 g/mol. The van der Waals surface area contributed by atoms with Gasteiger partial charge in [0.2, 0.25) is 0 Å². The van der Waals surface area contributed by atoms with Gasteiger partial charge in [0.15, 0.2) is 0 Å². The van der Waals surface area contributed by atoms with Crippen LogP contribution in [-0.4, -0.2) is 24.6 Å². The molecule has 2 heterocycles. The lowest BCUT2D eigenvalue weighted by molar-refractivity contribution is -0.114. The molecule has 1 aliphatic heterocycles. The molecule has 20 heavy (non-hydrogen) atoms. The summed E-state index contributed by atoms with van der Waals surface area (Å²) in [6.45, 7) is 0. The number of imide groups is 1. The first-order valence-corrected chi connectivity index (χ1v) is 6.64. The molecule has 100 valence electrons. The number of fused-ring (bicyclic) bond motifs is 1. The number of benzene rings is 1. The van der Waals surface area contributed by atoms with Gasteiger partial charge in [-0.3, -0.25) is 20.3 Å². The second-order valence-electron chi connectivity index (χ2n) is 4.24. The number of amides is 2. The van der Waals surface area contributed by atoms with E-state index in [0.29, 0.717) is 10.4 Å². The van der Waals surface area contributed by atoms with E-state index in [4.69, 9.17) is 10.1 Å². The molecule has 0 radical (unpaired) electrons. The number of hydrogen-bond acceptors (Lipinski definition) is 5. The minimum absolute atomic E-state index is 0.163. The Morgan fingerprint density at radius 3 is 2.50 bits per heavy atom. The van der Waals surface area contributed by atoms with Crippen LogP contribution < -0.4 is 10.1 Å². The fourth-order valence-electron chi connectivity index (χ4n) is 1.98. The standard InChI is InChI=1S/C14H10N2O3S/c1-19-8-4-2-7(3-5-8)10-6-9-12(20-10)11(15)14(18)16-13(9)17/h2-6,15H,1H3,(H,16,17,18). The Morgan fingerprint density at radius 1 is 1.15 bits per heavy atom. The molecule has 5 nitrogen and oxygen atoms in total. The maximum absolute atomic E-state index is 11.7. The van der Waals surface area contributed by atoms with Crippen LogP contribution in [0.1, 0.15) is 15.2 Å². The number of methoxy groups -OCH3 is 1. The van der Waals surface area contributed by atoms with Crippen molar-refractivity contribution in [1.29, 1.82) is 5.41 Å². The molecule has 2 aromatic rings. The summed E-state index contributed by atoms with van der Waals surface area (Å²) in [6, 6.07) is 9.10. The molecule has 2 amide bonds. The van der Waals surface area contributed by atoms with Crippen molar-refractivity contribution in [3.63, 3.8) is 0 Å². The van der Waals surface area contributed by atoms with E-state index in [1.807, 2.05) is 24.3 Å². The van der Waals surface area contributed by atoms with Crippen molar-refractivity contribution in [2.24, 2.45) is 0 Å². The van der Waals surface area contributed by atoms with Crippen molar-refractivity contribution in [3.8, 4) is 16.2 Å². The second kappa shape index (κ2) is 4.57. The van der Waals surface area contributed by atoms with E-state index in [1.165, 1.54) is 11.3 Å². The number of rotatable bonds is 2. The van der Waals surface area contributed by atoms with E-state index >= 15 is 0 Å². The van der Waals surface area contributed by atoms with Gasteiger partial charge in [0.05, 0.1) is 17.6 Å². The topological polar surface area (TPSA) is 79.2 Å². The molecule has 1 aliphatic rings. The molecule has 2 N–H and O–H groups in total. The predicted molar refractivity (Wildman–Crippen MR) is 75.6 cm³/mol. The van der Waals surface area contributed by atoms with Crippen molar-refractivity contribution in [2.75, 3.05) is 7.11 Å². The smallest absolute Gasteiger partial charge is 0.277 e. The van der Waals surface area contributed by atoms with Crippen molar-refractivity contribution >= 4 is 28.9 Å². The van der Waals surface area contributed by atoms with Crippen LogP contribution in [0, 0.1) is 5.41 Å². The van der Waals surface area contributed by atoms with Crippen LogP contribution in [0.5, 0.6) is 5.75 Å². The zero-order valence-corrected chi connectivity index (χ0v) is 11.3. The first kappa shape index (κ1) is 12.6. The lowest BCUT2D eigenvalue weighted by Crippen LogP contribution is -2.41. The van der Waals surface area contributed by atoms with Gasteiger partial charge in [-0.15, -0.1) is 11.3 Å². The average Bonchev–Trinajstić information content (AvgIpc) is 2.91. The van der Waals surface area contributed by atoms with Gasteiger partial charge in [-0.2, -0.15) is 0 Å². The zero-order chi connectivity index (χ0) is 14.3.